The minimum Gasteiger partial charge on any atom is -0.444 e. The van der Waals surface area contributed by atoms with Crippen LogP contribution in [0.4, 0.5) is 0 Å². The average molecular weight is 527 g/mol. The van der Waals surface area contributed by atoms with E-state index in [9.17, 15) is 5.11 Å². The Morgan fingerprint density at radius 3 is 2.67 bits per heavy atom. The molecule has 1 aromatic heterocycles. The van der Waals surface area contributed by atoms with Crippen LogP contribution in [-0.2, 0) is 6.54 Å². The molecule has 1 aromatic carbocycles. The lowest BCUT2D eigenvalue weighted by atomic mass is 10.1. The van der Waals surface area contributed by atoms with Crippen LogP contribution in [0.2, 0.25) is 0 Å². The number of nitrogens with one attached hydrogen (secondary N) is 2. The Labute approximate surface area is 196 Å². The summed E-state index contributed by atoms with van der Waals surface area (Å²) in [5, 5.41) is 16.2. The fourth-order valence-electron chi connectivity index (χ4n) is 3.36. The van der Waals surface area contributed by atoms with Crippen LogP contribution in [0.15, 0.2) is 39.9 Å². The van der Waals surface area contributed by atoms with Gasteiger partial charge in [-0.05, 0) is 51.8 Å². The van der Waals surface area contributed by atoms with Crippen molar-refractivity contribution in [2.24, 2.45) is 4.99 Å². The number of aromatic nitrogens is 1. The lowest BCUT2D eigenvalue weighted by Crippen LogP contribution is -2.40. The number of aryl methyl sites for hydroxylation is 1. The molecular formula is C22H34IN5O2. The van der Waals surface area contributed by atoms with Gasteiger partial charge in [0.25, 0.3) is 0 Å². The van der Waals surface area contributed by atoms with E-state index in [1.54, 1.807) is 6.26 Å². The van der Waals surface area contributed by atoms with Crippen molar-refractivity contribution in [1.82, 2.24) is 20.5 Å². The Balaban J connectivity index is 0.00000320. The van der Waals surface area contributed by atoms with Gasteiger partial charge in [-0.3, -0.25) is 0 Å². The number of rotatable bonds is 8. The molecule has 0 amide bonds. The van der Waals surface area contributed by atoms with Gasteiger partial charge in [0, 0.05) is 31.7 Å². The second-order valence-electron chi connectivity index (χ2n) is 7.56. The number of guanidine groups is 1. The quantitative estimate of drug-likeness (QED) is 0.212. The molecule has 1 fully saturated rings. The third-order valence-corrected chi connectivity index (χ3v) is 5.09. The molecule has 1 aliphatic heterocycles. The van der Waals surface area contributed by atoms with E-state index in [0.717, 1.165) is 69.2 Å². The molecule has 0 spiro atoms. The monoisotopic (exact) mass is 527 g/mol. The summed E-state index contributed by atoms with van der Waals surface area (Å²) >= 11 is 0. The highest BCUT2D eigenvalue weighted by atomic mass is 127. The van der Waals surface area contributed by atoms with Gasteiger partial charge in [-0.1, -0.05) is 17.7 Å². The molecule has 8 heteroatoms. The summed E-state index contributed by atoms with van der Waals surface area (Å²) in [6.45, 7) is 9.28. The summed E-state index contributed by atoms with van der Waals surface area (Å²) in [6.07, 6.45) is 4.38. The predicted molar refractivity (Wildman–Crippen MR) is 131 cm³/mol. The average Bonchev–Trinajstić information content (AvgIpc) is 3.20. The smallest absolute Gasteiger partial charge is 0.226 e. The maximum Gasteiger partial charge on any atom is 0.226 e. The van der Waals surface area contributed by atoms with Crippen molar-refractivity contribution in [2.75, 3.05) is 32.7 Å². The van der Waals surface area contributed by atoms with Gasteiger partial charge in [0.1, 0.15) is 12.0 Å². The highest BCUT2D eigenvalue weighted by Crippen LogP contribution is 2.19. The number of aliphatic hydroxyl groups is 1. The van der Waals surface area contributed by atoms with Gasteiger partial charge in [0.2, 0.25) is 5.89 Å². The first kappa shape index (κ1) is 24.6. The normalized spacial score (nSPS) is 15.6. The molecule has 0 aliphatic carbocycles. The molecule has 0 atom stereocenters. The maximum atomic E-state index is 9.59. The van der Waals surface area contributed by atoms with Crippen LogP contribution in [-0.4, -0.2) is 59.8 Å². The maximum absolute atomic E-state index is 9.59. The zero-order chi connectivity index (χ0) is 20.5. The molecule has 3 N–H and O–H groups in total. The number of halogens is 1. The van der Waals surface area contributed by atoms with Gasteiger partial charge in [-0.25, -0.2) is 9.98 Å². The van der Waals surface area contributed by atoms with Gasteiger partial charge in [0.15, 0.2) is 5.96 Å². The zero-order valence-corrected chi connectivity index (χ0v) is 20.3. The standard InChI is InChI=1S/C22H33N5O2.HI/c1-3-23-22(24-11-4-12-27-13-9-20(28)10-14-27)25-15-19-16-29-21(26-19)18-7-5-17(2)6-8-18;/h5-8,16,20,28H,3-4,9-15H2,1-2H3,(H2,23,24,25);1H. The molecule has 0 unspecified atom stereocenters. The molecule has 166 valence electrons. The molecule has 1 aliphatic rings. The van der Waals surface area contributed by atoms with Gasteiger partial charge in [0.05, 0.1) is 12.6 Å². The largest absolute Gasteiger partial charge is 0.444 e. The summed E-state index contributed by atoms with van der Waals surface area (Å²) in [5.74, 6) is 1.42. The molecule has 0 saturated carbocycles. The SMILES string of the molecule is CCNC(=NCc1coc(-c2ccc(C)cc2)n1)NCCCN1CCC(O)CC1.I. The molecule has 1 saturated heterocycles. The van der Waals surface area contributed by atoms with Crippen molar-refractivity contribution in [3.05, 3.63) is 41.8 Å². The highest BCUT2D eigenvalue weighted by molar-refractivity contribution is 14.0. The molecule has 30 heavy (non-hydrogen) atoms. The first-order valence-corrected chi connectivity index (χ1v) is 10.6. The van der Waals surface area contributed by atoms with E-state index in [1.807, 2.05) is 12.1 Å². The summed E-state index contributed by atoms with van der Waals surface area (Å²) in [7, 11) is 0. The van der Waals surface area contributed by atoms with Gasteiger partial charge in [-0.2, -0.15) is 0 Å². The summed E-state index contributed by atoms with van der Waals surface area (Å²) in [6, 6.07) is 8.14. The van der Waals surface area contributed by atoms with E-state index in [4.69, 9.17) is 4.42 Å². The number of hydrogen-bond donors (Lipinski definition) is 3. The number of likely N-dealkylation sites (tertiary alicyclic amines) is 1. The number of aliphatic hydroxyl groups excluding tert-OH is 1. The second kappa shape index (κ2) is 12.9. The first-order valence-electron chi connectivity index (χ1n) is 10.6. The Bertz CT molecular complexity index is 770. The van der Waals surface area contributed by atoms with Gasteiger partial charge in [-0.15, -0.1) is 24.0 Å². The number of oxazole rings is 1. The molecule has 0 radical (unpaired) electrons. The van der Waals surface area contributed by atoms with Crippen LogP contribution in [0, 0.1) is 6.92 Å². The van der Waals surface area contributed by atoms with Crippen molar-refractivity contribution < 1.29 is 9.52 Å². The number of aliphatic imine (C=N–C) groups is 1. The molecule has 2 heterocycles. The fourth-order valence-corrected chi connectivity index (χ4v) is 3.36. The van der Waals surface area contributed by atoms with Crippen molar-refractivity contribution in [3.63, 3.8) is 0 Å². The first-order chi connectivity index (χ1) is 14.1. The van der Waals surface area contributed by atoms with Crippen molar-refractivity contribution in [3.8, 4) is 11.5 Å². The highest BCUT2D eigenvalue weighted by Gasteiger charge is 2.16. The van der Waals surface area contributed by atoms with Crippen molar-refractivity contribution >= 4 is 29.9 Å². The third-order valence-electron chi connectivity index (χ3n) is 5.09. The second-order valence-corrected chi connectivity index (χ2v) is 7.56. The zero-order valence-electron chi connectivity index (χ0n) is 17.9. The van der Waals surface area contributed by atoms with Crippen LogP contribution in [0.1, 0.15) is 37.4 Å². The number of nitrogens with zero attached hydrogens (tertiary/aromatic N) is 3. The summed E-state index contributed by atoms with van der Waals surface area (Å²) < 4.78 is 5.61. The minimum absolute atomic E-state index is 0. The topological polar surface area (TPSA) is 85.9 Å². The van der Waals surface area contributed by atoms with E-state index in [2.05, 4.69) is 51.5 Å². The number of piperidine rings is 1. The lowest BCUT2D eigenvalue weighted by Gasteiger charge is -2.29. The molecule has 3 rings (SSSR count). The van der Waals surface area contributed by atoms with Gasteiger partial charge >= 0.3 is 0 Å². The Kier molecular flexibility index (Phi) is 10.6. The molecule has 7 nitrogen and oxygen atoms in total. The molecule has 2 aromatic rings. The van der Waals surface area contributed by atoms with Crippen LogP contribution < -0.4 is 10.6 Å². The summed E-state index contributed by atoms with van der Waals surface area (Å²) in [5.41, 5.74) is 3.00. The predicted octanol–water partition coefficient (Wildman–Crippen LogP) is 3.17. The van der Waals surface area contributed by atoms with E-state index >= 15 is 0 Å². The Morgan fingerprint density at radius 1 is 1.23 bits per heavy atom. The fraction of sp³-hybridized carbons (Fsp3) is 0.545. The van der Waals surface area contributed by atoms with Crippen LogP contribution in [0.25, 0.3) is 11.5 Å². The Hall–Kier alpha value is -1.65. The van der Waals surface area contributed by atoms with Crippen molar-refractivity contribution in [2.45, 2.75) is 45.8 Å². The van der Waals surface area contributed by atoms with Gasteiger partial charge < -0.3 is 25.1 Å². The van der Waals surface area contributed by atoms with E-state index < -0.39 is 0 Å². The Morgan fingerprint density at radius 2 is 1.97 bits per heavy atom. The van der Waals surface area contributed by atoms with E-state index in [1.165, 1.54) is 5.56 Å². The summed E-state index contributed by atoms with van der Waals surface area (Å²) in [4.78, 5) is 11.6. The molecular weight excluding hydrogens is 493 g/mol. The van der Waals surface area contributed by atoms with Crippen LogP contribution >= 0.6 is 24.0 Å². The van der Waals surface area contributed by atoms with Crippen LogP contribution in [0.3, 0.4) is 0 Å². The van der Waals surface area contributed by atoms with Crippen LogP contribution in [0.5, 0.6) is 0 Å². The molecule has 0 bridgehead atoms. The number of benzene rings is 1. The lowest BCUT2D eigenvalue weighted by molar-refractivity contribution is 0.0823. The van der Waals surface area contributed by atoms with Crippen molar-refractivity contribution in [1.29, 1.82) is 0 Å². The van der Waals surface area contributed by atoms with E-state index in [0.29, 0.717) is 12.4 Å². The third kappa shape index (κ3) is 7.88. The number of hydrogen-bond acceptors (Lipinski definition) is 5. The minimum atomic E-state index is -0.111. The van der Waals surface area contributed by atoms with E-state index in [-0.39, 0.29) is 30.1 Å².